The Labute approximate surface area is 325 Å². The summed E-state index contributed by atoms with van der Waals surface area (Å²) in [7, 11) is -1.84. The Hall–Kier alpha value is -4.68. The van der Waals surface area contributed by atoms with Crippen LogP contribution in [0.1, 0.15) is 71.2 Å². The highest BCUT2D eigenvalue weighted by Crippen LogP contribution is 2.42. The van der Waals surface area contributed by atoms with Crippen molar-refractivity contribution in [2.75, 3.05) is 13.6 Å². The van der Waals surface area contributed by atoms with Crippen LogP contribution in [-0.2, 0) is 43.9 Å². The first-order valence-electron chi connectivity index (χ1n) is 18.8. The van der Waals surface area contributed by atoms with Gasteiger partial charge in [-0.25, -0.2) is 8.42 Å². The molecule has 0 unspecified atom stereocenters. The van der Waals surface area contributed by atoms with Gasteiger partial charge in [0.2, 0.25) is 15.9 Å². The fourth-order valence-electron chi connectivity index (χ4n) is 6.87. The third-order valence-corrected chi connectivity index (χ3v) is 12.0. The zero-order chi connectivity index (χ0) is 39.0. The van der Waals surface area contributed by atoms with Crippen molar-refractivity contribution in [1.82, 2.24) is 14.9 Å². The molecule has 288 valence electrons. The van der Waals surface area contributed by atoms with Crippen molar-refractivity contribution < 1.29 is 27.8 Å². The van der Waals surface area contributed by atoms with Gasteiger partial charge in [0, 0.05) is 30.6 Å². The van der Waals surface area contributed by atoms with E-state index in [1.807, 2.05) is 91.9 Å². The molecule has 10 heteroatoms. The Morgan fingerprint density at radius 3 is 2.02 bits per heavy atom. The average molecular weight is 762 g/mol. The van der Waals surface area contributed by atoms with Crippen molar-refractivity contribution in [3.63, 3.8) is 0 Å². The minimum absolute atomic E-state index is 0.0264. The van der Waals surface area contributed by atoms with Crippen molar-refractivity contribution in [2.45, 2.75) is 75.8 Å². The zero-order valence-corrected chi connectivity index (χ0v) is 32.7. The number of nitrogens with zero attached hydrogens (tertiary/aromatic N) is 1. The summed E-state index contributed by atoms with van der Waals surface area (Å²) in [5, 5.41) is 12.6. The molecule has 3 N–H and O–H groups in total. The molecule has 0 aromatic heterocycles. The predicted molar refractivity (Wildman–Crippen MR) is 214 cm³/mol. The molecule has 1 fully saturated rings. The topological polar surface area (TPSA) is 117 Å². The molecule has 1 heterocycles. The number of benzene rings is 5. The third-order valence-electron chi connectivity index (χ3n) is 10.5. The number of nitrogens with one attached hydrogen (secondary N) is 2. The summed E-state index contributed by atoms with van der Waals surface area (Å²) in [6, 6.07) is 41.1. The number of ether oxygens (including phenoxy) is 2. The van der Waals surface area contributed by atoms with Crippen LogP contribution in [0.2, 0.25) is 0 Å². The van der Waals surface area contributed by atoms with E-state index in [4.69, 9.17) is 9.47 Å². The number of likely N-dealkylation sites (N-methyl/N-ethyl adjacent to an activating group) is 1. The number of rotatable bonds is 15. The first-order chi connectivity index (χ1) is 26.5. The number of aliphatic hydroxyl groups is 1. The molecule has 1 aliphatic rings. The number of hydrogen-bond acceptors (Lipinski definition) is 7. The van der Waals surface area contributed by atoms with E-state index < -0.39 is 28.3 Å². The highest BCUT2D eigenvalue weighted by Gasteiger charge is 2.39. The lowest BCUT2D eigenvalue weighted by molar-refractivity contribution is -0.276. The SMILES string of the molecule is Cc1ccc(S(=O)(=O)N[C@H](Cc2ccccc2)C(=O)NCc2ccc([C@H]3O[C@@H](CN(C)[C@@H](C)c4ccccc4)[C@@H](C)[C@@H](c4ccc(CO)cc4)O3)cc2)cc1. The number of aliphatic hydroxyl groups excluding tert-OH is 1. The molecule has 0 spiro atoms. The Kier molecular flexibility index (Phi) is 13.3. The largest absolute Gasteiger partial charge is 0.392 e. The summed E-state index contributed by atoms with van der Waals surface area (Å²) in [6.45, 7) is 7.10. The van der Waals surface area contributed by atoms with Gasteiger partial charge in [0.25, 0.3) is 0 Å². The number of hydrogen-bond donors (Lipinski definition) is 3. The molecule has 1 saturated heterocycles. The van der Waals surface area contributed by atoms with Crippen LogP contribution in [-0.4, -0.2) is 50.1 Å². The molecule has 1 aliphatic heterocycles. The van der Waals surface area contributed by atoms with Gasteiger partial charge in [0.05, 0.1) is 23.7 Å². The molecular weight excluding hydrogens is 711 g/mol. The highest BCUT2D eigenvalue weighted by atomic mass is 32.2. The van der Waals surface area contributed by atoms with E-state index in [0.29, 0.717) is 6.54 Å². The lowest BCUT2D eigenvalue weighted by Gasteiger charge is -2.43. The Morgan fingerprint density at radius 2 is 1.38 bits per heavy atom. The molecule has 0 saturated carbocycles. The van der Waals surface area contributed by atoms with Gasteiger partial charge >= 0.3 is 0 Å². The van der Waals surface area contributed by atoms with E-state index in [9.17, 15) is 18.3 Å². The lowest BCUT2D eigenvalue weighted by Crippen LogP contribution is -2.47. The van der Waals surface area contributed by atoms with Gasteiger partial charge in [-0.05, 0) is 67.3 Å². The molecule has 0 aliphatic carbocycles. The van der Waals surface area contributed by atoms with Gasteiger partial charge in [0.1, 0.15) is 6.04 Å². The van der Waals surface area contributed by atoms with Crippen molar-refractivity contribution in [3.8, 4) is 0 Å². The summed E-state index contributed by atoms with van der Waals surface area (Å²) >= 11 is 0. The molecule has 0 bridgehead atoms. The standard InChI is InChI=1S/C45H51N3O6S/c1-31-15-25-40(26-16-31)55(51,52)47-41(27-34-11-7-5-8-12-34)44(50)46-28-35-17-23-39(24-18-35)45-53-42(29-48(4)33(3)37-13-9-6-10-14-37)32(2)43(54-45)38-21-19-36(30-49)20-22-38/h5-26,32-33,41-43,45,47,49H,27-30H2,1-4H3,(H,46,50)/t32-,33+,41-,42+,43+,45+/m1/s1. The van der Waals surface area contributed by atoms with Crippen molar-refractivity contribution in [1.29, 1.82) is 0 Å². The highest BCUT2D eigenvalue weighted by molar-refractivity contribution is 7.89. The molecule has 6 rings (SSSR count). The van der Waals surface area contributed by atoms with Crippen LogP contribution in [0.4, 0.5) is 0 Å². The summed E-state index contributed by atoms with van der Waals surface area (Å²) in [4.78, 5) is 16.0. The van der Waals surface area contributed by atoms with Crippen LogP contribution in [0.3, 0.4) is 0 Å². The van der Waals surface area contributed by atoms with Crippen LogP contribution >= 0.6 is 0 Å². The van der Waals surface area contributed by atoms with E-state index in [-0.39, 0.29) is 48.6 Å². The number of aryl methyl sites for hydroxylation is 1. The van der Waals surface area contributed by atoms with Crippen LogP contribution < -0.4 is 10.0 Å². The van der Waals surface area contributed by atoms with Gasteiger partial charge in [-0.2, -0.15) is 4.72 Å². The fraction of sp³-hybridized carbons (Fsp3) is 0.311. The first kappa shape index (κ1) is 40.0. The van der Waals surface area contributed by atoms with E-state index in [0.717, 1.165) is 33.4 Å². The fourth-order valence-corrected chi connectivity index (χ4v) is 8.07. The van der Waals surface area contributed by atoms with E-state index in [1.54, 1.807) is 12.1 Å². The molecule has 1 amide bonds. The van der Waals surface area contributed by atoms with E-state index in [2.05, 4.69) is 60.1 Å². The Morgan fingerprint density at radius 1 is 0.782 bits per heavy atom. The number of amides is 1. The number of carbonyl (C=O) groups is 1. The minimum atomic E-state index is -3.96. The van der Waals surface area contributed by atoms with Gasteiger partial charge in [-0.3, -0.25) is 9.69 Å². The first-order valence-corrected chi connectivity index (χ1v) is 20.2. The average Bonchev–Trinajstić information content (AvgIpc) is 3.21. The van der Waals surface area contributed by atoms with Crippen molar-refractivity contribution >= 4 is 15.9 Å². The monoisotopic (exact) mass is 761 g/mol. The maximum absolute atomic E-state index is 13.6. The molecule has 6 atom stereocenters. The third kappa shape index (κ3) is 10.3. The lowest BCUT2D eigenvalue weighted by atomic mass is 9.89. The molecule has 9 nitrogen and oxygen atoms in total. The maximum Gasteiger partial charge on any atom is 0.241 e. The summed E-state index contributed by atoms with van der Waals surface area (Å²) in [6.07, 6.45) is -0.849. The van der Waals surface area contributed by atoms with Gasteiger partial charge in [-0.15, -0.1) is 0 Å². The van der Waals surface area contributed by atoms with Crippen LogP contribution in [0.15, 0.2) is 138 Å². The minimum Gasteiger partial charge on any atom is -0.392 e. The summed E-state index contributed by atoms with van der Waals surface area (Å²) in [5.41, 5.74) is 6.54. The smallest absolute Gasteiger partial charge is 0.241 e. The second kappa shape index (κ2) is 18.3. The molecule has 5 aromatic carbocycles. The Balaban J connectivity index is 1.16. The van der Waals surface area contributed by atoms with Crippen molar-refractivity contribution in [3.05, 3.63) is 172 Å². The van der Waals surface area contributed by atoms with E-state index >= 15 is 0 Å². The van der Waals surface area contributed by atoms with Crippen molar-refractivity contribution in [2.24, 2.45) is 5.92 Å². The predicted octanol–water partition coefficient (Wildman–Crippen LogP) is 7.18. The van der Waals surface area contributed by atoms with Crippen LogP contribution in [0, 0.1) is 12.8 Å². The van der Waals surface area contributed by atoms with Crippen LogP contribution in [0.25, 0.3) is 0 Å². The summed E-state index contributed by atoms with van der Waals surface area (Å²) < 4.78 is 42.7. The Bertz CT molecular complexity index is 2080. The van der Waals surface area contributed by atoms with Gasteiger partial charge < -0.3 is 19.9 Å². The second-order valence-electron chi connectivity index (χ2n) is 14.5. The van der Waals surface area contributed by atoms with Crippen LogP contribution in [0.5, 0.6) is 0 Å². The molecule has 55 heavy (non-hydrogen) atoms. The summed E-state index contributed by atoms with van der Waals surface area (Å²) in [5.74, 6) is -0.397. The molecular formula is C45H51N3O6S. The maximum atomic E-state index is 13.6. The number of sulfonamides is 1. The van der Waals surface area contributed by atoms with E-state index in [1.165, 1.54) is 17.7 Å². The second-order valence-corrected chi connectivity index (χ2v) is 16.2. The quantitative estimate of drug-likeness (QED) is 0.104. The number of carbonyl (C=O) groups excluding carboxylic acids is 1. The molecule has 0 radical (unpaired) electrons. The van der Waals surface area contributed by atoms with Gasteiger partial charge in [0.15, 0.2) is 6.29 Å². The molecule has 5 aromatic rings. The van der Waals surface area contributed by atoms with Gasteiger partial charge in [-0.1, -0.05) is 134 Å². The normalized spacial score (nSPS) is 19.8. The zero-order valence-electron chi connectivity index (χ0n) is 31.8.